The zero-order valence-electron chi connectivity index (χ0n) is 12.5. The molecule has 0 atom stereocenters. The van der Waals surface area contributed by atoms with Crippen LogP contribution in [0.15, 0.2) is 24.3 Å². The third-order valence-corrected chi connectivity index (χ3v) is 2.82. The second-order valence-electron chi connectivity index (χ2n) is 4.74. The normalized spacial score (nSPS) is 10.4. The number of hydrogen-bond acceptors (Lipinski definition) is 4. The van der Waals surface area contributed by atoms with Crippen molar-refractivity contribution in [3.05, 3.63) is 29.8 Å². The van der Waals surface area contributed by atoms with Crippen LogP contribution in [-0.2, 0) is 16.1 Å². The zero-order valence-corrected chi connectivity index (χ0v) is 12.5. The average Bonchev–Trinajstić information content (AvgIpc) is 2.44. The first-order chi connectivity index (χ1) is 10.0. The van der Waals surface area contributed by atoms with E-state index >= 15 is 0 Å². The molecule has 1 amide bonds. The van der Waals surface area contributed by atoms with E-state index in [-0.39, 0.29) is 18.9 Å². The summed E-state index contributed by atoms with van der Waals surface area (Å²) < 4.78 is 5.40. The summed E-state index contributed by atoms with van der Waals surface area (Å²) >= 11 is 0. The number of carbonyl (C=O) groups excluding carboxylic acids is 1. The summed E-state index contributed by atoms with van der Waals surface area (Å²) in [5.74, 6) is -0.220. The zero-order chi connectivity index (χ0) is 15.7. The van der Waals surface area contributed by atoms with Crippen LogP contribution in [0.3, 0.4) is 0 Å². The maximum absolute atomic E-state index is 11.8. The lowest BCUT2D eigenvalue weighted by atomic mass is 10.2. The van der Waals surface area contributed by atoms with Gasteiger partial charge in [-0.15, -0.1) is 0 Å². The minimum absolute atomic E-state index is 0.0280. The van der Waals surface area contributed by atoms with Crippen molar-refractivity contribution in [1.29, 1.82) is 0 Å². The lowest BCUT2D eigenvalue weighted by Gasteiger charge is -2.15. The van der Waals surface area contributed by atoms with Gasteiger partial charge in [0.2, 0.25) is 5.91 Å². The monoisotopic (exact) mass is 294 g/mol. The molecule has 1 rings (SSSR count). The Balaban J connectivity index is 2.35. The van der Waals surface area contributed by atoms with Crippen molar-refractivity contribution in [2.75, 3.05) is 26.7 Å². The number of likely N-dealkylation sites (N-methyl/N-ethyl adjacent to an activating group) is 1. The topological polar surface area (TPSA) is 78.9 Å². The minimum Gasteiger partial charge on any atom is -0.494 e. The Labute approximate surface area is 124 Å². The fourth-order valence-electron chi connectivity index (χ4n) is 1.78. The number of carboxylic acid groups (broad SMARTS) is 1. The molecule has 0 radical (unpaired) electrons. The molecular weight excluding hydrogens is 272 g/mol. The maximum atomic E-state index is 11.8. The molecule has 0 aliphatic carbocycles. The fraction of sp³-hybridized carbons (Fsp3) is 0.467. The molecule has 0 heterocycles. The molecule has 1 aromatic rings. The van der Waals surface area contributed by atoms with Crippen LogP contribution in [0.2, 0.25) is 0 Å². The Morgan fingerprint density at radius 3 is 2.81 bits per heavy atom. The number of nitrogens with one attached hydrogen (secondary N) is 1. The van der Waals surface area contributed by atoms with Crippen molar-refractivity contribution < 1.29 is 19.4 Å². The Morgan fingerprint density at radius 1 is 1.38 bits per heavy atom. The Kier molecular flexibility index (Phi) is 7.25. The van der Waals surface area contributed by atoms with Gasteiger partial charge in [0.1, 0.15) is 5.75 Å². The first kappa shape index (κ1) is 17.0. The van der Waals surface area contributed by atoms with Gasteiger partial charge in [-0.25, -0.2) is 0 Å². The number of aliphatic carboxylic acids is 1. The van der Waals surface area contributed by atoms with Crippen molar-refractivity contribution >= 4 is 11.9 Å². The number of carbonyl (C=O) groups is 2. The molecular formula is C15H22N2O4. The van der Waals surface area contributed by atoms with E-state index < -0.39 is 5.97 Å². The molecule has 0 fully saturated rings. The van der Waals surface area contributed by atoms with E-state index in [1.807, 2.05) is 31.2 Å². The molecule has 0 saturated heterocycles. The summed E-state index contributed by atoms with van der Waals surface area (Å²) in [5.41, 5.74) is 0.961. The molecule has 116 valence electrons. The van der Waals surface area contributed by atoms with E-state index in [0.29, 0.717) is 19.7 Å². The van der Waals surface area contributed by atoms with Gasteiger partial charge in [-0.2, -0.15) is 0 Å². The third-order valence-electron chi connectivity index (χ3n) is 2.82. The molecule has 0 aromatic heterocycles. The lowest BCUT2D eigenvalue weighted by Crippen LogP contribution is -2.35. The summed E-state index contributed by atoms with van der Waals surface area (Å²) in [7, 11) is 1.72. The number of benzene rings is 1. The molecule has 1 aromatic carbocycles. The highest BCUT2D eigenvalue weighted by Crippen LogP contribution is 2.12. The summed E-state index contributed by atoms with van der Waals surface area (Å²) in [6.45, 7) is 3.47. The van der Waals surface area contributed by atoms with E-state index in [1.165, 1.54) is 0 Å². The lowest BCUT2D eigenvalue weighted by molar-refractivity contribution is -0.137. The second kappa shape index (κ2) is 8.97. The van der Waals surface area contributed by atoms with Crippen molar-refractivity contribution in [2.24, 2.45) is 0 Å². The second-order valence-corrected chi connectivity index (χ2v) is 4.74. The minimum atomic E-state index is -0.866. The number of amides is 1. The average molecular weight is 294 g/mol. The quantitative estimate of drug-likeness (QED) is 0.713. The summed E-state index contributed by atoms with van der Waals surface area (Å²) in [6, 6.07) is 7.55. The molecule has 0 spiro atoms. The molecule has 6 heteroatoms. The third kappa shape index (κ3) is 7.31. The van der Waals surface area contributed by atoms with Crippen molar-refractivity contribution in [3.8, 4) is 5.75 Å². The van der Waals surface area contributed by atoms with Gasteiger partial charge >= 0.3 is 5.97 Å². The highest BCUT2D eigenvalue weighted by Gasteiger charge is 2.08. The van der Waals surface area contributed by atoms with Gasteiger partial charge in [-0.3, -0.25) is 14.5 Å². The Morgan fingerprint density at radius 2 is 2.14 bits per heavy atom. The summed E-state index contributed by atoms with van der Waals surface area (Å²) in [6.07, 6.45) is 0.0280. The highest BCUT2D eigenvalue weighted by atomic mass is 16.5. The Bertz CT molecular complexity index is 476. The molecule has 0 saturated carbocycles. The molecule has 0 unspecified atom stereocenters. The van der Waals surface area contributed by atoms with Gasteiger partial charge in [0.05, 0.1) is 19.6 Å². The Hall–Kier alpha value is -2.08. The molecule has 0 bridgehead atoms. The smallest absolute Gasteiger partial charge is 0.304 e. The van der Waals surface area contributed by atoms with Crippen molar-refractivity contribution in [1.82, 2.24) is 10.2 Å². The highest BCUT2D eigenvalue weighted by molar-refractivity contribution is 5.78. The molecule has 6 nitrogen and oxygen atoms in total. The van der Waals surface area contributed by atoms with E-state index in [1.54, 1.807) is 11.9 Å². The van der Waals surface area contributed by atoms with Crippen LogP contribution in [0.1, 0.15) is 18.9 Å². The van der Waals surface area contributed by atoms with Gasteiger partial charge in [0.25, 0.3) is 0 Å². The molecule has 21 heavy (non-hydrogen) atoms. The standard InChI is InChI=1S/C15H22N2O4/c1-3-21-13-6-4-5-12(9-13)10-16-14(18)11-17(2)8-7-15(19)20/h4-6,9H,3,7-8,10-11H2,1-2H3,(H,16,18)(H,19,20). The van der Waals surface area contributed by atoms with Crippen LogP contribution in [0.5, 0.6) is 5.75 Å². The van der Waals surface area contributed by atoms with Gasteiger partial charge < -0.3 is 15.2 Å². The summed E-state index contributed by atoms with van der Waals surface area (Å²) in [5, 5.41) is 11.4. The maximum Gasteiger partial charge on any atom is 0.304 e. The van der Waals surface area contributed by atoms with E-state index in [2.05, 4.69) is 5.32 Å². The van der Waals surface area contributed by atoms with Crippen molar-refractivity contribution in [2.45, 2.75) is 19.9 Å². The van der Waals surface area contributed by atoms with E-state index in [4.69, 9.17) is 9.84 Å². The molecule has 2 N–H and O–H groups in total. The van der Waals surface area contributed by atoms with Gasteiger partial charge in [0, 0.05) is 13.1 Å². The number of hydrogen-bond donors (Lipinski definition) is 2. The van der Waals surface area contributed by atoms with Crippen LogP contribution in [0, 0.1) is 0 Å². The number of nitrogens with zero attached hydrogens (tertiary/aromatic N) is 1. The largest absolute Gasteiger partial charge is 0.494 e. The van der Waals surface area contributed by atoms with Crippen LogP contribution in [0.25, 0.3) is 0 Å². The fourth-order valence-corrected chi connectivity index (χ4v) is 1.78. The first-order valence-corrected chi connectivity index (χ1v) is 6.90. The van der Waals surface area contributed by atoms with Crippen LogP contribution >= 0.6 is 0 Å². The van der Waals surface area contributed by atoms with E-state index in [9.17, 15) is 9.59 Å². The number of carboxylic acids is 1. The van der Waals surface area contributed by atoms with E-state index in [0.717, 1.165) is 11.3 Å². The van der Waals surface area contributed by atoms with Gasteiger partial charge in [0.15, 0.2) is 0 Å². The van der Waals surface area contributed by atoms with Crippen molar-refractivity contribution in [3.63, 3.8) is 0 Å². The molecule has 0 aliphatic heterocycles. The van der Waals surface area contributed by atoms with Crippen LogP contribution in [0.4, 0.5) is 0 Å². The first-order valence-electron chi connectivity index (χ1n) is 6.90. The number of ether oxygens (including phenoxy) is 1. The number of rotatable bonds is 9. The summed E-state index contributed by atoms with van der Waals surface area (Å²) in [4.78, 5) is 23.9. The molecule has 0 aliphatic rings. The van der Waals surface area contributed by atoms with Gasteiger partial charge in [-0.1, -0.05) is 12.1 Å². The van der Waals surface area contributed by atoms with Gasteiger partial charge in [-0.05, 0) is 31.7 Å². The predicted octanol–water partition coefficient (Wildman–Crippen LogP) is 1.11. The predicted molar refractivity (Wildman–Crippen MR) is 79.2 cm³/mol. The van der Waals surface area contributed by atoms with Crippen LogP contribution < -0.4 is 10.1 Å². The van der Waals surface area contributed by atoms with Crippen LogP contribution in [-0.4, -0.2) is 48.6 Å². The SMILES string of the molecule is CCOc1cccc(CNC(=O)CN(C)CCC(=O)O)c1.